The Hall–Kier alpha value is -2.31. The average Bonchev–Trinajstić information content (AvgIpc) is 3.23. The van der Waals surface area contributed by atoms with E-state index in [9.17, 15) is 0 Å². The van der Waals surface area contributed by atoms with Gasteiger partial charge in [-0.15, -0.1) is 0 Å². The van der Waals surface area contributed by atoms with Gasteiger partial charge in [0.1, 0.15) is 5.76 Å². The summed E-state index contributed by atoms with van der Waals surface area (Å²) in [6.45, 7) is 12.2. The normalized spacial score (nSPS) is 12.0. The number of aromatic nitrogens is 2. The van der Waals surface area contributed by atoms with E-state index in [1.165, 1.54) is 0 Å². The van der Waals surface area contributed by atoms with Crippen LogP contribution >= 0.6 is 0 Å². The zero-order chi connectivity index (χ0) is 18.2. The Balaban J connectivity index is 2.04. The first-order valence-electron chi connectivity index (χ1n) is 9.02. The third-order valence-corrected chi connectivity index (χ3v) is 3.95. The van der Waals surface area contributed by atoms with E-state index in [1.54, 1.807) is 0 Å². The molecule has 0 aliphatic heterocycles. The van der Waals surface area contributed by atoms with Crippen molar-refractivity contribution >= 4 is 5.96 Å². The summed E-state index contributed by atoms with van der Waals surface area (Å²) in [4.78, 5) is 4.66. The highest BCUT2D eigenvalue weighted by atomic mass is 16.5. The molecule has 25 heavy (non-hydrogen) atoms. The summed E-state index contributed by atoms with van der Waals surface area (Å²) >= 11 is 0. The molecule has 0 aliphatic carbocycles. The van der Waals surface area contributed by atoms with E-state index in [2.05, 4.69) is 53.6 Å². The number of guanidine groups is 1. The molecule has 2 aromatic rings. The Bertz CT molecular complexity index is 666. The molecule has 7 nitrogen and oxygen atoms in total. The lowest BCUT2D eigenvalue weighted by Gasteiger charge is -2.10. The van der Waals surface area contributed by atoms with Crippen molar-refractivity contribution in [3.05, 3.63) is 34.5 Å². The summed E-state index contributed by atoms with van der Waals surface area (Å²) in [6.07, 6.45) is 1.66. The zero-order valence-electron chi connectivity index (χ0n) is 15.8. The second-order valence-electron chi connectivity index (χ2n) is 6.16. The Morgan fingerprint density at radius 1 is 1.12 bits per heavy atom. The molecular formula is C18H29N5O2. The smallest absolute Gasteiger partial charge is 0.191 e. The standard InChI is InChI=1S/C18H29N5O2/c1-6-15-14(17(7-2)25-22-15)11-21-18(19-8-3)20-10-13-9-16(12(4)5)23-24-13/h9,12H,6-8,10-11H2,1-5H3,(H2,19,20,21). The van der Waals surface area contributed by atoms with E-state index in [0.29, 0.717) is 19.0 Å². The summed E-state index contributed by atoms with van der Waals surface area (Å²) in [5.41, 5.74) is 3.03. The first-order valence-corrected chi connectivity index (χ1v) is 9.02. The fourth-order valence-electron chi connectivity index (χ4n) is 2.47. The Morgan fingerprint density at radius 2 is 1.92 bits per heavy atom. The fourth-order valence-corrected chi connectivity index (χ4v) is 2.47. The number of nitrogens with zero attached hydrogens (tertiary/aromatic N) is 3. The predicted octanol–water partition coefficient (Wildman–Crippen LogP) is 3.17. The van der Waals surface area contributed by atoms with Crippen molar-refractivity contribution in [2.75, 3.05) is 6.54 Å². The molecule has 0 unspecified atom stereocenters. The number of aliphatic imine (C=N–C) groups is 1. The number of aryl methyl sites for hydroxylation is 2. The molecule has 138 valence electrons. The second-order valence-corrected chi connectivity index (χ2v) is 6.16. The van der Waals surface area contributed by atoms with E-state index >= 15 is 0 Å². The summed E-state index contributed by atoms with van der Waals surface area (Å²) in [7, 11) is 0. The molecule has 2 aromatic heterocycles. The van der Waals surface area contributed by atoms with Crippen LogP contribution in [0.25, 0.3) is 0 Å². The molecule has 0 amide bonds. The Kier molecular flexibility index (Phi) is 7.03. The zero-order valence-corrected chi connectivity index (χ0v) is 15.8. The highest BCUT2D eigenvalue weighted by Crippen LogP contribution is 2.17. The first-order chi connectivity index (χ1) is 12.1. The van der Waals surface area contributed by atoms with Gasteiger partial charge in [-0.05, 0) is 19.3 Å². The minimum atomic E-state index is 0.355. The van der Waals surface area contributed by atoms with Crippen molar-refractivity contribution in [1.29, 1.82) is 0 Å². The van der Waals surface area contributed by atoms with Crippen molar-refractivity contribution in [2.45, 2.75) is 66.5 Å². The first kappa shape index (κ1) is 19.0. The lowest BCUT2D eigenvalue weighted by molar-refractivity contribution is 0.372. The van der Waals surface area contributed by atoms with Crippen LogP contribution in [0.1, 0.15) is 69.0 Å². The van der Waals surface area contributed by atoms with Crippen LogP contribution in [0.15, 0.2) is 20.1 Å². The number of hydrogen-bond acceptors (Lipinski definition) is 5. The van der Waals surface area contributed by atoms with Crippen LogP contribution in [-0.2, 0) is 25.9 Å². The number of nitrogens with one attached hydrogen (secondary N) is 2. The van der Waals surface area contributed by atoms with Gasteiger partial charge in [-0.25, -0.2) is 4.99 Å². The third-order valence-electron chi connectivity index (χ3n) is 3.95. The lowest BCUT2D eigenvalue weighted by atomic mass is 10.1. The van der Waals surface area contributed by atoms with Gasteiger partial charge in [0.15, 0.2) is 11.7 Å². The summed E-state index contributed by atoms with van der Waals surface area (Å²) in [5.74, 6) is 2.79. The van der Waals surface area contributed by atoms with Crippen LogP contribution in [0.5, 0.6) is 0 Å². The monoisotopic (exact) mass is 347 g/mol. The van der Waals surface area contributed by atoms with Gasteiger partial charge in [-0.1, -0.05) is 38.0 Å². The average molecular weight is 347 g/mol. The molecule has 0 fully saturated rings. The van der Waals surface area contributed by atoms with Crippen LogP contribution < -0.4 is 10.6 Å². The van der Waals surface area contributed by atoms with E-state index in [-0.39, 0.29) is 0 Å². The highest BCUT2D eigenvalue weighted by Gasteiger charge is 2.13. The Morgan fingerprint density at radius 3 is 2.52 bits per heavy atom. The van der Waals surface area contributed by atoms with Gasteiger partial charge in [0.2, 0.25) is 0 Å². The van der Waals surface area contributed by atoms with Crippen LogP contribution in [0.3, 0.4) is 0 Å². The van der Waals surface area contributed by atoms with Crippen molar-refractivity contribution in [2.24, 2.45) is 4.99 Å². The lowest BCUT2D eigenvalue weighted by Crippen LogP contribution is -2.36. The van der Waals surface area contributed by atoms with Crippen molar-refractivity contribution in [3.63, 3.8) is 0 Å². The quantitative estimate of drug-likeness (QED) is 0.563. The molecule has 0 bridgehead atoms. The van der Waals surface area contributed by atoms with Crippen molar-refractivity contribution in [1.82, 2.24) is 20.9 Å². The molecule has 0 aliphatic rings. The topological polar surface area (TPSA) is 88.5 Å². The van der Waals surface area contributed by atoms with Crippen LogP contribution in [-0.4, -0.2) is 22.8 Å². The minimum Gasteiger partial charge on any atom is -0.361 e. The molecular weight excluding hydrogens is 318 g/mol. The molecule has 2 rings (SSSR count). The van der Waals surface area contributed by atoms with Crippen LogP contribution in [0.4, 0.5) is 0 Å². The van der Waals surface area contributed by atoms with E-state index in [4.69, 9.17) is 9.05 Å². The molecule has 0 atom stereocenters. The molecule has 2 N–H and O–H groups in total. The van der Waals surface area contributed by atoms with Gasteiger partial charge < -0.3 is 19.7 Å². The van der Waals surface area contributed by atoms with E-state index < -0.39 is 0 Å². The van der Waals surface area contributed by atoms with Crippen LogP contribution in [0.2, 0.25) is 0 Å². The van der Waals surface area contributed by atoms with Gasteiger partial charge in [0, 0.05) is 24.6 Å². The van der Waals surface area contributed by atoms with E-state index in [0.717, 1.165) is 53.8 Å². The predicted molar refractivity (Wildman–Crippen MR) is 97.5 cm³/mol. The maximum Gasteiger partial charge on any atom is 0.191 e. The maximum atomic E-state index is 5.40. The fraction of sp³-hybridized carbons (Fsp3) is 0.611. The SMILES string of the molecule is CCNC(=NCc1c(CC)noc1CC)NCc1cc(C(C)C)no1. The molecule has 7 heteroatoms. The molecule has 0 saturated heterocycles. The summed E-state index contributed by atoms with van der Waals surface area (Å²) in [5, 5.41) is 14.7. The molecule has 0 radical (unpaired) electrons. The third kappa shape index (κ3) is 5.08. The molecule has 0 spiro atoms. The summed E-state index contributed by atoms with van der Waals surface area (Å²) in [6, 6.07) is 1.98. The number of hydrogen-bond donors (Lipinski definition) is 2. The van der Waals surface area contributed by atoms with E-state index in [1.807, 2.05) is 13.0 Å². The van der Waals surface area contributed by atoms with Gasteiger partial charge in [0.25, 0.3) is 0 Å². The van der Waals surface area contributed by atoms with Crippen LogP contribution in [0, 0.1) is 0 Å². The molecule has 0 saturated carbocycles. The van der Waals surface area contributed by atoms with Crippen molar-refractivity contribution in [3.8, 4) is 0 Å². The van der Waals surface area contributed by atoms with Gasteiger partial charge >= 0.3 is 0 Å². The summed E-state index contributed by atoms with van der Waals surface area (Å²) < 4.78 is 10.8. The van der Waals surface area contributed by atoms with Crippen molar-refractivity contribution < 1.29 is 9.05 Å². The molecule has 2 heterocycles. The van der Waals surface area contributed by atoms with Gasteiger partial charge in [-0.3, -0.25) is 0 Å². The van der Waals surface area contributed by atoms with Gasteiger partial charge in [0.05, 0.1) is 24.5 Å². The minimum absolute atomic E-state index is 0.355. The highest BCUT2D eigenvalue weighted by molar-refractivity contribution is 5.79. The van der Waals surface area contributed by atoms with Gasteiger partial charge in [-0.2, -0.15) is 0 Å². The Labute approximate surface area is 149 Å². The molecule has 0 aromatic carbocycles. The maximum absolute atomic E-state index is 5.40. The second kappa shape index (κ2) is 9.25. The largest absolute Gasteiger partial charge is 0.361 e. The number of rotatable bonds is 8.